The Hall–Kier alpha value is 0.510. The number of hydrogen-bond acceptors (Lipinski definition) is 3. The van der Waals surface area contributed by atoms with Crippen molar-refractivity contribution < 1.29 is 39.5 Å². The fraction of sp³-hybridized carbons (Fsp3) is 0.750. The van der Waals surface area contributed by atoms with Crippen LogP contribution in [0.3, 0.4) is 0 Å². The molecule has 7 heteroatoms. The van der Waals surface area contributed by atoms with Crippen LogP contribution in [0.15, 0.2) is 0 Å². The van der Waals surface area contributed by atoms with Gasteiger partial charge in [-0.1, -0.05) is 12.2 Å². The van der Waals surface area contributed by atoms with Crippen LogP contribution in [-0.2, 0) is 0 Å². The molecule has 0 fully saturated rings. The molecule has 0 heterocycles. The number of nitrogens with zero attached hydrogens (tertiary/aromatic N) is 2. The smallest absolute Gasteiger partial charge is 0.530 e. The number of rotatable bonds is 2. The summed E-state index contributed by atoms with van der Waals surface area (Å²) in [6, 6.07) is 0. The zero-order valence-corrected chi connectivity index (χ0v) is 13.7. The normalized spacial score (nSPS) is 7.80. The zero-order valence-electron chi connectivity index (χ0n) is 9.98. The fourth-order valence-corrected chi connectivity index (χ4v) is 0.482. The second-order valence-electron chi connectivity index (χ2n) is 2.62. The average molecular weight is 260 g/mol. The second-order valence-corrected chi connectivity index (χ2v) is 3.73. The molecule has 0 rings (SSSR count). The minimum absolute atomic E-state index is 0. The van der Waals surface area contributed by atoms with Gasteiger partial charge in [0.05, 0.1) is 0 Å². The first kappa shape index (κ1) is 20.9. The molecule has 0 aliphatic carbocycles. The Balaban J connectivity index is -0.000000187. The molecule has 4 nitrogen and oxygen atoms in total. The number of amides is 1. The van der Waals surface area contributed by atoms with E-state index in [1.54, 1.807) is 18.7 Å². The minimum atomic E-state index is -1.09. The first-order valence-corrected chi connectivity index (χ1v) is 5.08. The van der Waals surface area contributed by atoms with Crippen molar-refractivity contribution in [1.82, 2.24) is 9.80 Å². The Bertz CT molecular complexity index is 187. The number of thiol groups is 1. The molecule has 0 spiro atoms. The van der Waals surface area contributed by atoms with E-state index < -0.39 is 6.09 Å². The zero-order chi connectivity index (χ0) is 11.7. The molecule has 0 aromatic heterocycles. The van der Waals surface area contributed by atoms with Crippen LogP contribution < -0.4 is 34.7 Å². The van der Waals surface area contributed by atoms with Gasteiger partial charge < -0.3 is 19.7 Å². The van der Waals surface area contributed by atoms with Gasteiger partial charge >= 0.3 is 29.6 Å². The number of carbonyl (C=O) groups is 1. The molecule has 1 amide bonds. The number of hydrogen-bond donors (Lipinski definition) is 1. The topological polar surface area (TPSA) is 46.6 Å². The summed E-state index contributed by atoms with van der Waals surface area (Å²) < 4.78 is 0.620. The van der Waals surface area contributed by atoms with E-state index in [0.717, 1.165) is 0 Å². The van der Waals surface area contributed by atoms with Gasteiger partial charge in [-0.15, -0.1) is 12.6 Å². The van der Waals surface area contributed by atoms with E-state index >= 15 is 0 Å². The summed E-state index contributed by atoms with van der Waals surface area (Å²) >= 11 is 8.46. The third-order valence-electron chi connectivity index (χ3n) is 1.40. The SMILES string of the molecule is CCN(CC)C(=O)[O-].CN(C)C(=S)S.[Na+]. The van der Waals surface area contributed by atoms with Crippen LogP contribution in [0.25, 0.3) is 0 Å². The van der Waals surface area contributed by atoms with E-state index in [9.17, 15) is 9.90 Å². The van der Waals surface area contributed by atoms with E-state index in [1.807, 2.05) is 14.1 Å². The summed E-state index contributed by atoms with van der Waals surface area (Å²) in [6.07, 6.45) is -1.09. The van der Waals surface area contributed by atoms with Gasteiger partial charge in [-0.3, -0.25) is 0 Å². The molecule has 0 bridgehead atoms. The maximum absolute atomic E-state index is 9.98. The molecule has 0 saturated heterocycles. The summed E-state index contributed by atoms with van der Waals surface area (Å²) in [6.45, 7) is 4.58. The van der Waals surface area contributed by atoms with Gasteiger partial charge in [-0.05, 0) is 13.8 Å². The molecule has 0 aromatic carbocycles. The van der Waals surface area contributed by atoms with Crippen LogP contribution >= 0.6 is 24.8 Å². The molecular formula is C8H17N2NaO2S2. The maximum Gasteiger partial charge on any atom is 1.00 e. The van der Waals surface area contributed by atoms with Crippen LogP contribution in [0.2, 0.25) is 0 Å². The van der Waals surface area contributed by atoms with Gasteiger partial charge in [0.25, 0.3) is 0 Å². The van der Waals surface area contributed by atoms with Gasteiger partial charge in [0.15, 0.2) is 0 Å². The van der Waals surface area contributed by atoms with Gasteiger partial charge in [0.1, 0.15) is 10.4 Å². The van der Waals surface area contributed by atoms with Gasteiger partial charge in [-0.2, -0.15) is 0 Å². The maximum atomic E-state index is 9.98. The van der Waals surface area contributed by atoms with Crippen molar-refractivity contribution >= 4 is 35.3 Å². The summed E-state index contributed by atoms with van der Waals surface area (Å²) in [7, 11) is 3.71. The van der Waals surface area contributed by atoms with Crippen molar-refractivity contribution in [3.63, 3.8) is 0 Å². The monoisotopic (exact) mass is 260 g/mol. The Morgan fingerprint density at radius 1 is 1.33 bits per heavy atom. The van der Waals surface area contributed by atoms with Crippen molar-refractivity contribution in [3.05, 3.63) is 0 Å². The van der Waals surface area contributed by atoms with E-state index in [4.69, 9.17) is 0 Å². The van der Waals surface area contributed by atoms with Crippen molar-refractivity contribution in [2.45, 2.75) is 13.8 Å². The summed E-state index contributed by atoms with van der Waals surface area (Å²) in [5.74, 6) is 0. The Morgan fingerprint density at radius 2 is 1.60 bits per heavy atom. The molecule has 0 aliphatic heterocycles. The third-order valence-corrected chi connectivity index (χ3v) is 2.17. The molecule has 0 unspecified atom stereocenters. The number of thiocarbonyl (C=S) groups is 1. The van der Waals surface area contributed by atoms with E-state index in [-0.39, 0.29) is 29.6 Å². The molecule has 0 saturated carbocycles. The first-order chi connectivity index (χ1) is 6.36. The van der Waals surface area contributed by atoms with Gasteiger partial charge in [0.2, 0.25) is 0 Å². The average Bonchev–Trinajstić information content (AvgIpc) is 2.06. The first-order valence-electron chi connectivity index (χ1n) is 4.22. The van der Waals surface area contributed by atoms with E-state index in [2.05, 4.69) is 24.8 Å². The fourth-order valence-electron chi connectivity index (χ4n) is 0.482. The molecule has 84 valence electrons. The molecule has 0 aliphatic rings. The van der Waals surface area contributed by atoms with E-state index in [0.29, 0.717) is 17.4 Å². The molecular weight excluding hydrogens is 243 g/mol. The third kappa shape index (κ3) is 14.5. The minimum Gasteiger partial charge on any atom is -0.530 e. The van der Waals surface area contributed by atoms with E-state index in [1.165, 1.54) is 4.90 Å². The molecule has 15 heavy (non-hydrogen) atoms. The van der Waals surface area contributed by atoms with Crippen LogP contribution in [0.1, 0.15) is 13.8 Å². The van der Waals surface area contributed by atoms with Crippen molar-refractivity contribution in [3.8, 4) is 0 Å². The van der Waals surface area contributed by atoms with Crippen molar-refractivity contribution in [2.75, 3.05) is 27.2 Å². The van der Waals surface area contributed by atoms with Gasteiger partial charge in [0, 0.05) is 27.2 Å². The number of carbonyl (C=O) groups excluding carboxylic acids is 1. The van der Waals surface area contributed by atoms with Crippen molar-refractivity contribution in [2.24, 2.45) is 0 Å². The van der Waals surface area contributed by atoms with Crippen LogP contribution in [-0.4, -0.2) is 47.4 Å². The van der Waals surface area contributed by atoms with Crippen molar-refractivity contribution in [1.29, 1.82) is 0 Å². The summed E-state index contributed by atoms with van der Waals surface area (Å²) in [4.78, 5) is 13.0. The van der Waals surface area contributed by atoms with Crippen LogP contribution in [0, 0.1) is 0 Å². The van der Waals surface area contributed by atoms with Crippen LogP contribution in [0.4, 0.5) is 4.79 Å². The van der Waals surface area contributed by atoms with Crippen LogP contribution in [0.5, 0.6) is 0 Å². The predicted octanol–water partition coefficient (Wildman–Crippen LogP) is -2.56. The Labute approximate surface area is 125 Å². The summed E-state index contributed by atoms with van der Waals surface area (Å²) in [5.41, 5.74) is 0. The second kappa shape index (κ2) is 12.6. The quantitative estimate of drug-likeness (QED) is 0.337. The summed E-state index contributed by atoms with van der Waals surface area (Å²) in [5, 5.41) is 9.98. The Morgan fingerprint density at radius 3 is 1.60 bits per heavy atom. The number of carboxylic acid groups (broad SMARTS) is 1. The largest absolute Gasteiger partial charge is 1.00 e. The molecule has 0 radical (unpaired) electrons. The molecule has 0 N–H and O–H groups in total. The molecule has 0 atom stereocenters. The molecule has 0 aromatic rings. The standard InChI is InChI=1S/C5H11NO2.C3H7NS2.Na/c1-3-6(4-2)5(7)8;1-4(2)3(5)6;/h3-4H2,1-2H3,(H,7,8);1-2H3,(H,5,6);/q;;+1/p-1. The van der Waals surface area contributed by atoms with Gasteiger partial charge in [-0.25, -0.2) is 0 Å². The predicted molar refractivity (Wildman–Crippen MR) is 63.6 cm³/mol. The Kier molecular flexibility index (Phi) is 17.5.